The molecule has 0 aliphatic carbocycles. The molecule has 0 saturated carbocycles. The number of imidazole rings is 1. The Bertz CT molecular complexity index is 1610. The number of nitriles is 2. The summed E-state index contributed by atoms with van der Waals surface area (Å²) in [7, 11) is 0. The molecule has 0 aliphatic heterocycles. The van der Waals surface area contributed by atoms with Gasteiger partial charge >= 0.3 is 0 Å². The summed E-state index contributed by atoms with van der Waals surface area (Å²) in [5.74, 6) is 0.821. The van der Waals surface area contributed by atoms with Gasteiger partial charge in [-0.15, -0.1) is 0 Å². The lowest BCUT2D eigenvalue weighted by Gasteiger charge is -2.20. The highest BCUT2D eigenvalue weighted by molar-refractivity contribution is 5.87. The van der Waals surface area contributed by atoms with Crippen molar-refractivity contribution >= 4 is 28.2 Å². The van der Waals surface area contributed by atoms with Crippen molar-refractivity contribution in [2.75, 3.05) is 5.32 Å². The van der Waals surface area contributed by atoms with E-state index >= 15 is 0 Å². The number of hydrogen-bond donors (Lipinski definition) is 1. The molecule has 0 amide bonds. The molecule has 0 aliphatic rings. The van der Waals surface area contributed by atoms with Crippen molar-refractivity contribution in [3.05, 3.63) is 106 Å². The van der Waals surface area contributed by atoms with Crippen LogP contribution in [0.3, 0.4) is 0 Å². The van der Waals surface area contributed by atoms with E-state index in [1.165, 1.54) is 11.1 Å². The van der Waals surface area contributed by atoms with Gasteiger partial charge in [0.05, 0.1) is 27.8 Å². The second-order valence-corrected chi connectivity index (χ2v) is 8.08. The van der Waals surface area contributed by atoms with Crippen molar-refractivity contribution in [2.24, 2.45) is 0 Å². The molecule has 5 rings (SSSR count). The lowest BCUT2D eigenvalue weighted by Crippen LogP contribution is -2.10. The summed E-state index contributed by atoms with van der Waals surface area (Å²) in [6.07, 6.45) is 0.646. The molecule has 5 nitrogen and oxygen atoms in total. The van der Waals surface area contributed by atoms with E-state index in [0.29, 0.717) is 28.9 Å². The Hall–Kier alpha value is -4.61. The third kappa shape index (κ3) is 3.37. The largest absolute Gasteiger partial charge is 0.340 e. The standard InChI is InChI=1S/C28H21N5/c1-18-9-3-4-10-20(18)15-22-19(2)23(17-30)28-32-25-13-7-8-14-26(25)33(28)27(22)31-24-12-6-5-11-21(24)16-29/h3-14,31H,15H2,1-2H3. The number of hydrogen-bond acceptors (Lipinski definition) is 4. The molecule has 158 valence electrons. The normalized spacial score (nSPS) is 10.8. The highest BCUT2D eigenvalue weighted by Gasteiger charge is 2.22. The van der Waals surface area contributed by atoms with Crippen LogP contribution in [0.25, 0.3) is 16.7 Å². The van der Waals surface area contributed by atoms with E-state index in [1.54, 1.807) is 6.07 Å². The minimum absolute atomic E-state index is 0.555. The first kappa shape index (κ1) is 20.3. The smallest absolute Gasteiger partial charge is 0.157 e. The Kier molecular flexibility index (Phi) is 5.01. The molecule has 2 heterocycles. The van der Waals surface area contributed by atoms with E-state index in [9.17, 15) is 10.5 Å². The molecule has 1 N–H and O–H groups in total. The third-order valence-electron chi connectivity index (χ3n) is 6.16. The van der Waals surface area contributed by atoms with Crippen LogP contribution < -0.4 is 5.32 Å². The molecule has 0 unspecified atom stereocenters. The van der Waals surface area contributed by atoms with E-state index in [2.05, 4.69) is 36.5 Å². The van der Waals surface area contributed by atoms with Gasteiger partial charge in [0.15, 0.2) is 5.65 Å². The molecule has 33 heavy (non-hydrogen) atoms. The van der Waals surface area contributed by atoms with Crippen LogP contribution in [0.4, 0.5) is 11.5 Å². The molecule has 0 saturated heterocycles. The second-order valence-electron chi connectivity index (χ2n) is 8.08. The molecule has 2 aromatic heterocycles. The number of rotatable bonds is 4. The molecule has 0 fully saturated rings. The Morgan fingerprint density at radius 1 is 0.879 bits per heavy atom. The van der Waals surface area contributed by atoms with Crippen molar-refractivity contribution in [1.29, 1.82) is 10.5 Å². The van der Waals surface area contributed by atoms with Gasteiger partial charge in [0, 0.05) is 12.0 Å². The summed E-state index contributed by atoms with van der Waals surface area (Å²) in [4.78, 5) is 4.79. The predicted molar refractivity (Wildman–Crippen MR) is 131 cm³/mol. The van der Waals surface area contributed by atoms with Crippen molar-refractivity contribution in [2.45, 2.75) is 20.3 Å². The molecule has 5 heteroatoms. The predicted octanol–water partition coefficient (Wildman–Crippen LogP) is 6.18. The highest BCUT2D eigenvalue weighted by atomic mass is 15.1. The molecule has 5 aromatic rings. The van der Waals surface area contributed by atoms with Gasteiger partial charge in [-0.3, -0.25) is 4.40 Å². The maximum Gasteiger partial charge on any atom is 0.157 e. The number of anilines is 2. The Morgan fingerprint density at radius 3 is 2.39 bits per heavy atom. The zero-order valence-corrected chi connectivity index (χ0v) is 18.4. The van der Waals surface area contributed by atoms with Gasteiger partial charge in [0.1, 0.15) is 18.0 Å². The lowest BCUT2D eigenvalue weighted by molar-refractivity contribution is 1.07. The van der Waals surface area contributed by atoms with E-state index in [0.717, 1.165) is 28.0 Å². The molecule has 3 aromatic carbocycles. The summed E-state index contributed by atoms with van der Waals surface area (Å²) in [6.45, 7) is 4.08. The van der Waals surface area contributed by atoms with Gasteiger partial charge < -0.3 is 5.32 Å². The second kappa shape index (κ2) is 8.15. The summed E-state index contributed by atoms with van der Waals surface area (Å²) < 4.78 is 2.02. The SMILES string of the molecule is Cc1ccccc1Cc1c(C)c(C#N)c2nc3ccccc3n2c1Nc1ccccc1C#N. The van der Waals surface area contributed by atoms with Crippen LogP contribution in [-0.2, 0) is 6.42 Å². The minimum Gasteiger partial charge on any atom is -0.340 e. The first-order valence-electron chi connectivity index (χ1n) is 10.8. The number of pyridine rings is 1. The summed E-state index contributed by atoms with van der Waals surface area (Å²) in [5, 5.41) is 23.3. The molecule has 0 atom stereocenters. The Labute approximate surface area is 192 Å². The van der Waals surface area contributed by atoms with Crippen LogP contribution in [0, 0.1) is 36.5 Å². The van der Waals surface area contributed by atoms with Crippen LogP contribution >= 0.6 is 0 Å². The van der Waals surface area contributed by atoms with Crippen LogP contribution in [0.5, 0.6) is 0 Å². The number of aromatic nitrogens is 2. The van der Waals surface area contributed by atoms with E-state index in [-0.39, 0.29) is 0 Å². The molecule has 0 radical (unpaired) electrons. The summed E-state index contributed by atoms with van der Waals surface area (Å²) in [6, 6.07) is 28.3. The molecule has 0 bridgehead atoms. The summed E-state index contributed by atoms with van der Waals surface area (Å²) >= 11 is 0. The van der Waals surface area contributed by atoms with Gasteiger partial charge in [-0.2, -0.15) is 10.5 Å². The molecular weight excluding hydrogens is 406 g/mol. The van der Waals surface area contributed by atoms with Crippen LogP contribution in [0.15, 0.2) is 72.8 Å². The van der Waals surface area contributed by atoms with Crippen LogP contribution in [0.2, 0.25) is 0 Å². The van der Waals surface area contributed by atoms with Crippen LogP contribution in [0.1, 0.15) is 33.4 Å². The zero-order chi connectivity index (χ0) is 22.9. The average Bonchev–Trinajstić information content (AvgIpc) is 3.22. The van der Waals surface area contributed by atoms with Gasteiger partial charge in [-0.1, -0.05) is 48.5 Å². The van der Waals surface area contributed by atoms with Gasteiger partial charge in [-0.25, -0.2) is 4.98 Å². The number of benzene rings is 3. The monoisotopic (exact) mass is 427 g/mol. The number of para-hydroxylation sites is 3. The average molecular weight is 428 g/mol. The van der Waals surface area contributed by atoms with Gasteiger partial charge in [-0.05, 0) is 54.8 Å². The van der Waals surface area contributed by atoms with Crippen molar-refractivity contribution in [1.82, 2.24) is 9.38 Å². The molecular formula is C28H21N5. The van der Waals surface area contributed by atoms with Crippen molar-refractivity contribution in [3.8, 4) is 12.1 Å². The van der Waals surface area contributed by atoms with Gasteiger partial charge in [0.2, 0.25) is 0 Å². The molecule has 0 spiro atoms. The Morgan fingerprint density at radius 2 is 1.61 bits per heavy atom. The van der Waals surface area contributed by atoms with Gasteiger partial charge in [0.25, 0.3) is 0 Å². The first-order valence-corrected chi connectivity index (χ1v) is 10.8. The van der Waals surface area contributed by atoms with E-state index in [1.807, 2.05) is 65.9 Å². The number of nitrogens with zero attached hydrogens (tertiary/aromatic N) is 4. The fourth-order valence-corrected chi connectivity index (χ4v) is 4.35. The fraction of sp³-hybridized carbons (Fsp3) is 0.107. The van der Waals surface area contributed by atoms with E-state index in [4.69, 9.17) is 4.98 Å². The minimum atomic E-state index is 0.555. The quantitative estimate of drug-likeness (QED) is 0.371. The van der Waals surface area contributed by atoms with Crippen LogP contribution in [-0.4, -0.2) is 9.38 Å². The lowest BCUT2D eigenvalue weighted by atomic mass is 9.95. The summed E-state index contributed by atoms with van der Waals surface area (Å²) in [5.41, 5.74) is 8.44. The number of nitrogens with one attached hydrogen (secondary N) is 1. The van der Waals surface area contributed by atoms with Crippen molar-refractivity contribution in [3.63, 3.8) is 0 Å². The number of fused-ring (bicyclic) bond motifs is 3. The third-order valence-corrected chi connectivity index (χ3v) is 6.16. The first-order chi connectivity index (χ1) is 16.1. The topological polar surface area (TPSA) is 76.9 Å². The van der Waals surface area contributed by atoms with Crippen molar-refractivity contribution < 1.29 is 0 Å². The number of aryl methyl sites for hydroxylation is 1. The Balaban J connectivity index is 1.87. The highest BCUT2D eigenvalue weighted by Crippen LogP contribution is 2.35. The van der Waals surface area contributed by atoms with E-state index < -0.39 is 0 Å². The fourth-order valence-electron chi connectivity index (χ4n) is 4.35. The zero-order valence-electron chi connectivity index (χ0n) is 18.4. The maximum absolute atomic E-state index is 10.1. The maximum atomic E-state index is 10.1.